The number of anilines is 1. The van der Waals surface area contributed by atoms with E-state index in [1.807, 2.05) is 11.0 Å². The third-order valence-corrected chi connectivity index (χ3v) is 3.93. The molecule has 0 saturated carbocycles. The summed E-state index contributed by atoms with van der Waals surface area (Å²) >= 11 is 0. The lowest BCUT2D eigenvalue weighted by atomic mass is 10.2. The summed E-state index contributed by atoms with van der Waals surface area (Å²) in [6.45, 7) is 0.680. The molecule has 0 aliphatic carbocycles. The number of carbonyl (C=O) groups is 1. The highest BCUT2D eigenvalue weighted by atomic mass is 19.1. The van der Waals surface area contributed by atoms with Gasteiger partial charge in [-0.2, -0.15) is 5.10 Å². The maximum absolute atomic E-state index is 13.8. The second-order valence-corrected chi connectivity index (χ2v) is 5.60. The summed E-state index contributed by atoms with van der Waals surface area (Å²) in [4.78, 5) is 13.8. The van der Waals surface area contributed by atoms with E-state index in [0.717, 1.165) is 5.76 Å². The fraction of sp³-hybridized carbons (Fsp3) is 0.438. The number of halogens is 1. The van der Waals surface area contributed by atoms with Gasteiger partial charge in [0.2, 0.25) is 5.91 Å². The predicted octanol–water partition coefficient (Wildman–Crippen LogP) is 1.74. The number of rotatable bonds is 6. The van der Waals surface area contributed by atoms with Gasteiger partial charge < -0.3 is 14.6 Å². The van der Waals surface area contributed by atoms with E-state index in [1.54, 1.807) is 30.7 Å². The number of alkyl halides is 1. The molecule has 2 atom stereocenters. The molecule has 1 aliphatic rings. The monoisotopic (exact) mass is 318 g/mol. The molecule has 1 fully saturated rings. The van der Waals surface area contributed by atoms with Crippen LogP contribution in [0, 0.1) is 0 Å². The first-order valence-corrected chi connectivity index (χ1v) is 7.70. The zero-order valence-corrected chi connectivity index (χ0v) is 12.7. The van der Waals surface area contributed by atoms with Gasteiger partial charge in [-0.05, 0) is 24.3 Å². The van der Waals surface area contributed by atoms with Crippen molar-refractivity contribution in [3.05, 3.63) is 42.5 Å². The molecular weight excluding hydrogens is 299 g/mol. The summed E-state index contributed by atoms with van der Waals surface area (Å²) in [5, 5.41) is 10.7. The normalized spacial score (nSPS) is 20.7. The van der Waals surface area contributed by atoms with Crippen molar-refractivity contribution in [2.45, 2.75) is 31.5 Å². The topological polar surface area (TPSA) is 71.3 Å². The summed E-state index contributed by atoms with van der Waals surface area (Å²) in [5.41, 5.74) is 0. The fourth-order valence-corrected chi connectivity index (χ4v) is 2.79. The number of aromatic nitrogens is 2. The molecule has 0 unspecified atom stereocenters. The van der Waals surface area contributed by atoms with E-state index in [0.29, 0.717) is 31.6 Å². The van der Waals surface area contributed by atoms with Gasteiger partial charge in [0.1, 0.15) is 11.9 Å². The largest absolute Gasteiger partial charge is 0.469 e. The lowest BCUT2D eigenvalue weighted by Crippen LogP contribution is -2.40. The minimum atomic E-state index is -0.915. The van der Waals surface area contributed by atoms with E-state index >= 15 is 0 Å². The molecule has 3 rings (SSSR count). The van der Waals surface area contributed by atoms with E-state index in [4.69, 9.17) is 4.42 Å². The van der Waals surface area contributed by atoms with Crippen molar-refractivity contribution in [1.82, 2.24) is 15.5 Å². The first-order chi connectivity index (χ1) is 11.2. The summed E-state index contributed by atoms with van der Waals surface area (Å²) in [6, 6.07) is 7.11. The van der Waals surface area contributed by atoms with Crippen molar-refractivity contribution >= 4 is 11.7 Å². The summed E-state index contributed by atoms with van der Waals surface area (Å²) in [5.74, 6) is 1.36. The van der Waals surface area contributed by atoms with Crippen LogP contribution in [0.4, 0.5) is 10.2 Å². The first-order valence-electron chi connectivity index (χ1n) is 7.70. The minimum absolute atomic E-state index is 0.0668. The molecule has 3 heterocycles. The van der Waals surface area contributed by atoms with Gasteiger partial charge in [0, 0.05) is 32.0 Å². The van der Waals surface area contributed by atoms with Crippen LogP contribution in [0.5, 0.6) is 0 Å². The Balaban J connectivity index is 1.51. The minimum Gasteiger partial charge on any atom is -0.469 e. The molecular formula is C16H19FN4O2. The number of aryl methyl sites for hydroxylation is 1. The Hall–Kier alpha value is -2.44. The Labute approximate surface area is 133 Å². The molecule has 0 bridgehead atoms. The molecule has 122 valence electrons. The van der Waals surface area contributed by atoms with Crippen molar-refractivity contribution in [2.24, 2.45) is 0 Å². The molecule has 1 amide bonds. The van der Waals surface area contributed by atoms with Gasteiger partial charge in [-0.3, -0.25) is 4.79 Å². The van der Waals surface area contributed by atoms with E-state index in [9.17, 15) is 9.18 Å². The van der Waals surface area contributed by atoms with Gasteiger partial charge in [0.05, 0.1) is 18.8 Å². The van der Waals surface area contributed by atoms with E-state index < -0.39 is 6.17 Å². The molecule has 2 aromatic heterocycles. The highest BCUT2D eigenvalue weighted by Crippen LogP contribution is 2.24. The quantitative estimate of drug-likeness (QED) is 0.878. The van der Waals surface area contributed by atoms with E-state index in [2.05, 4.69) is 15.5 Å². The lowest BCUT2D eigenvalue weighted by Gasteiger charge is -2.24. The van der Waals surface area contributed by atoms with Crippen LogP contribution in [0.15, 0.2) is 41.1 Å². The Bertz CT molecular complexity index is 620. The molecule has 1 saturated heterocycles. The van der Waals surface area contributed by atoms with Crippen LogP contribution in [0.25, 0.3) is 0 Å². The first kappa shape index (κ1) is 15.5. The van der Waals surface area contributed by atoms with Gasteiger partial charge in [-0.15, -0.1) is 5.10 Å². The zero-order chi connectivity index (χ0) is 16.1. The predicted molar refractivity (Wildman–Crippen MR) is 82.7 cm³/mol. The number of hydrogen-bond acceptors (Lipinski definition) is 5. The Morgan fingerprint density at radius 2 is 2.35 bits per heavy atom. The van der Waals surface area contributed by atoms with Crippen LogP contribution in [-0.2, 0) is 11.2 Å². The molecule has 7 heteroatoms. The smallest absolute Gasteiger partial charge is 0.220 e. The average Bonchev–Trinajstić information content (AvgIpc) is 3.21. The van der Waals surface area contributed by atoms with Crippen LogP contribution < -0.4 is 10.2 Å². The molecule has 6 nitrogen and oxygen atoms in total. The SMILES string of the molecule is O=C(CCc1ccco1)NC[C@@H]1C[C@H](F)CN1c1cccnn1. The fourth-order valence-electron chi connectivity index (χ4n) is 2.79. The number of nitrogens with one attached hydrogen (secondary N) is 1. The second-order valence-electron chi connectivity index (χ2n) is 5.60. The van der Waals surface area contributed by atoms with E-state index in [1.165, 1.54) is 0 Å². The van der Waals surface area contributed by atoms with Crippen molar-refractivity contribution in [3.8, 4) is 0 Å². The van der Waals surface area contributed by atoms with Gasteiger partial charge in [-0.1, -0.05) is 0 Å². The number of furan rings is 1. The Kier molecular flexibility index (Phi) is 4.85. The van der Waals surface area contributed by atoms with Crippen LogP contribution in [-0.4, -0.2) is 41.4 Å². The number of nitrogens with zero attached hydrogens (tertiary/aromatic N) is 3. The highest BCUT2D eigenvalue weighted by Gasteiger charge is 2.33. The summed E-state index contributed by atoms with van der Waals surface area (Å²) < 4.78 is 19.0. The lowest BCUT2D eigenvalue weighted by molar-refractivity contribution is -0.121. The number of hydrogen-bond donors (Lipinski definition) is 1. The van der Waals surface area contributed by atoms with Gasteiger partial charge in [-0.25, -0.2) is 4.39 Å². The van der Waals surface area contributed by atoms with Crippen LogP contribution >= 0.6 is 0 Å². The molecule has 23 heavy (non-hydrogen) atoms. The van der Waals surface area contributed by atoms with Gasteiger partial charge in [0.25, 0.3) is 0 Å². The average molecular weight is 318 g/mol. The van der Waals surface area contributed by atoms with Crippen LogP contribution in [0.2, 0.25) is 0 Å². The maximum Gasteiger partial charge on any atom is 0.220 e. The Morgan fingerprint density at radius 1 is 1.43 bits per heavy atom. The molecule has 1 N–H and O–H groups in total. The van der Waals surface area contributed by atoms with Crippen molar-refractivity contribution in [1.29, 1.82) is 0 Å². The summed E-state index contributed by atoms with van der Waals surface area (Å²) in [6.07, 6.45) is 3.55. The van der Waals surface area contributed by atoms with Crippen molar-refractivity contribution < 1.29 is 13.6 Å². The highest BCUT2D eigenvalue weighted by molar-refractivity contribution is 5.76. The molecule has 1 aliphatic heterocycles. The summed E-state index contributed by atoms with van der Waals surface area (Å²) in [7, 11) is 0. The van der Waals surface area contributed by atoms with Crippen LogP contribution in [0.1, 0.15) is 18.6 Å². The van der Waals surface area contributed by atoms with Crippen LogP contribution in [0.3, 0.4) is 0 Å². The molecule has 0 radical (unpaired) electrons. The zero-order valence-electron chi connectivity index (χ0n) is 12.7. The molecule has 0 aromatic carbocycles. The second kappa shape index (κ2) is 7.21. The van der Waals surface area contributed by atoms with Crippen molar-refractivity contribution in [3.63, 3.8) is 0 Å². The third-order valence-electron chi connectivity index (χ3n) is 3.93. The third kappa shape index (κ3) is 4.06. The van der Waals surface area contributed by atoms with Gasteiger partial charge >= 0.3 is 0 Å². The van der Waals surface area contributed by atoms with E-state index in [-0.39, 0.29) is 18.5 Å². The standard InChI is InChI=1S/C16H19FN4O2/c17-12-9-13(21(11-12)15-4-1-7-19-20-15)10-18-16(22)6-5-14-3-2-8-23-14/h1-4,7-8,12-13H,5-6,9-11H2,(H,18,22)/t12-,13-/m0/s1. The Morgan fingerprint density at radius 3 is 3.09 bits per heavy atom. The molecule has 0 spiro atoms. The maximum atomic E-state index is 13.8. The molecule has 2 aromatic rings. The van der Waals surface area contributed by atoms with Gasteiger partial charge in [0.15, 0.2) is 5.82 Å². The number of amides is 1. The number of carbonyl (C=O) groups excluding carboxylic acids is 1. The van der Waals surface area contributed by atoms with Crippen molar-refractivity contribution in [2.75, 3.05) is 18.0 Å².